The zero-order valence-corrected chi connectivity index (χ0v) is 52.2. The lowest BCUT2D eigenvalue weighted by molar-refractivity contribution is -0.155. The molecule has 8 nitrogen and oxygen atoms in total. The van der Waals surface area contributed by atoms with Crippen molar-refractivity contribution in [2.45, 2.75) is 259 Å². The van der Waals surface area contributed by atoms with E-state index in [0.29, 0.717) is 35.8 Å². The van der Waals surface area contributed by atoms with Crippen LogP contribution >= 0.6 is 0 Å². The quantitative estimate of drug-likeness (QED) is 0.0830. The van der Waals surface area contributed by atoms with Gasteiger partial charge in [0.15, 0.2) is 11.9 Å². The van der Waals surface area contributed by atoms with E-state index in [9.17, 15) is 4.79 Å². The molecule has 2 atom stereocenters. The maximum absolute atomic E-state index is 14.0. The molecule has 1 heterocycles. The van der Waals surface area contributed by atoms with Crippen LogP contribution in [0.15, 0.2) is 24.3 Å². The van der Waals surface area contributed by atoms with Gasteiger partial charge in [-0.15, -0.1) is 0 Å². The molecule has 1 aliphatic rings. The lowest BCUT2D eigenvalue weighted by atomic mass is 9.93. The van der Waals surface area contributed by atoms with Crippen LogP contribution in [0.4, 0.5) is 0 Å². The first-order chi connectivity index (χ1) is 29.5. The fraction of sp³-hybridized carbons (Fsp3) is 0.755. The predicted octanol–water partition coefficient (Wildman–Crippen LogP) is 17.6. The Hall–Kier alpha value is -2.21. The van der Waals surface area contributed by atoms with Crippen LogP contribution in [0.2, 0.25) is 90.7 Å². The number of ether oxygens (including phenoxy) is 2. The third kappa shape index (κ3) is 14.2. The van der Waals surface area contributed by atoms with Crippen molar-refractivity contribution in [2.24, 2.45) is 0 Å². The normalized spacial score (nSPS) is 17.1. The van der Waals surface area contributed by atoms with E-state index in [1.54, 1.807) is 0 Å². The van der Waals surface area contributed by atoms with Gasteiger partial charge in [0.2, 0.25) is 16.6 Å². The summed E-state index contributed by atoms with van der Waals surface area (Å²) < 4.78 is 50.4. The van der Waals surface area contributed by atoms with Crippen molar-refractivity contribution in [3.63, 3.8) is 0 Å². The third-order valence-corrected chi connectivity index (χ3v) is 37.8. The highest BCUT2D eigenvalue weighted by Crippen LogP contribution is 2.53. The summed E-state index contributed by atoms with van der Waals surface area (Å²) in [5.74, 6) is 3.91. The van der Waals surface area contributed by atoms with Gasteiger partial charge in [0.25, 0.3) is 25.0 Å². The highest BCUT2D eigenvalue weighted by Gasteiger charge is 2.48. The summed E-state index contributed by atoms with van der Waals surface area (Å²) in [6, 6.07) is 8.32. The number of benzene rings is 2. The van der Waals surface area contributed by atoms with Crippen molar-refractivity contribution in [1.82, 2.24) is 0 Å². The summed E-state index contributed by atoms with van der Waals surface area (Å²) in [7, 11) is -12.0. The molecule has 0 unspecified atom stereocenters. The van der Waals surface area contributed by atoms with Crippen LogP contribution in [0.3, 0.4) is 0 Å². The van der Waals surface area contributed by atoms with Gasteiger partial charge in [-0.05, 0) is 109 Å². The van der Waals surface area contributed by atoms with Crippen molar-refractivity contribution in [2.75, 3.05) is 0 Å². The van der Waals surface area contributed by atoms with Crippen LogP contribution in [0.25, 0.3) is 0 Å². The standard InChI is InChI=1S/C53H98O8Si5/c1-27-28-29-30-31-32-46(54)55-43-37-40-41(35-39(57-62(17,18)49(2,3)4)36-42(40)58-63(19,20)50(5,6)7)56-47(43)38-33-44(59-64(21,22)51(8,9)10)48(61-66(25,26)53(14,15)16)45(34-38)60-65(23,24)52(11,12)13/h33-36,43,47H,27-32,37H2,1-26H3/t43-,47-/m1/s1. The molecule has 0 spiro atoms. The number of unbranched alkanes of at least 4 members (excludes halogenated alkanes) is 4. The molecule has 66 heavy (non-hydrogen) atoms. The zero-order chi connectivity index (χ0) is 51.1. The Labute approximate surface area is 410 Å². The number of esters is 1. The first-order valence-corrected chi connectivity index (χ1v) is 39.7. The van der Waals surface area contributed by atoms with Gasteiger partial charge in [-0.2, -0.15) is 0 Å². The topological polar surface area (TPSA) is 81.7 Å². The van der Waals surface area contributed by atoms with Gasteiger partial charge in [0.05, 0.1) is 0 Å². The second kappa shape index (κ2) is 20.3. The summed E-state index contributed by atoms with van der Waals surface area (Å²) in [6.07, 6.45) is 4.60. The lowest BCUT2D eigenvalue weighted by Gasteiger charge is -2.42. The minimum Gasteiger partial charge on any atom is -0.543 e. The van der Waals surface area contributed by atoms with Crippen molar-refractivity contribution < 1.29 is 36.4 Å². The van der Waals surface area contributed by atoms with Crippen LogP contribution in [0.5, 0.6) is 34.5 Å². The van der Waals surface area contributed by atoms with Gasteiger partial charge in [0.1, 0.15) is 34.9 Å². The molecule has 2 aromatic carbocycles. The van der Waals surface area contributed by atoms with E-state index in [4.69, 9.17) is 31.6 Å². The first-order valence-electron chi connectivity index (χ1n) is 25.1. The largest absolute Gasteiger partial charge is 0.543 e. The van der Waals surface area contributed by atoms with E-state index in [0.717, 1.165) is 54.7 Å². The average molecular weight is 1000 g/mol. The molecule has 2 aromatic rings. The van der Waals surface area contributed by atoms with Crippen molar-refractivity contribution in [3.8, 4) is 34.5 Å². The molecular formula is C53H98O8Si5. The molecule has 0 radical (unpaired) electrons. The van der Waals surface area contributed by atoms with Crippen LogP contribution in [-0.2, 0) is 16.0 Å². The van der Waals surface area contributed by atoms with Crippen LogP contribution in [-0.4, -0.2) is 53.7 Å². The molecule has 0 bridgehead atoms. The summed E-state index contributed by atoms with van der Waals surface area (Å²) >= 11 is 0. The number of hydrogen-bond acceptors (Lipinski definition) is 8. The molecule has 0 amide bonds. The zero-order valence-electron chi connectivity index (χ0n) is 47.2. The Morgan fingerprint density at radius 2 is 0.924 bits per heavy atom. The smallest absolute Gasteiger partial charge is 0.306 e. The van der Waals surface area contributed by atoms with Crippen molar-refractivity contribution in [1.29, 1.82) is 0 Å². The molecule has 1 aliphatic heterocycles. The van der Waals surface area contributed by atoms with E-state index in [2.05, 4.69) is 194 Å². The van der Waals surface area contributed by atoms with E-state index in [-0.39, 0.29) is 31.2 Å². The third-order valence-electron chi connectivity index (χ3n) is 16.1. The molecule has 3 rings (SSSR count). The number of carbonyl (C=O) groups is 1. The van der Waals surface area contributed by atoms with Gasteiger partial charge in [-0.3, -0.25) is 4.79 Å². The van der Waals surface area contributed by atoms with E-state index in [1.807, 2.05) is 6.07 Å². The molecule has 0 N–H and O–H groups in total. The Balaban J connectivity index is 2.50. The van der Waals surface area contributed by atoms with Gasteiger partial charge < -0.3 is 31.6 Å². The molecule has 13 heteroatoms. The van der Waals surface area contributed by atoms with Crippen LogP contribution in [0, 0.1) is 0 Å². The summed E-state index contributed by atoms with van der Waals surface area (Å²) in [5.41, 5.74) is 1.71. The Morgan fingerprint density at radius 3 is 1.35 bits per heavy atom. The van der Waals surface area contributed by atoms with E-state index in [1.165, 1.54) is 0 Å². The first kappa shape index (κ1) is 58.1. The van der Waals surface area contributed by atoms with Crippen LogP contribution < -0.4 is 26.9 Å². The SMILES string of the molecule is CCCCCCCC(=O)O[C@@H]1Cc2c(cc(O[Si](C)(C)C(C)(C)C)cc2O[Si](C)(C)C(C)(C)C)O[C@@H]1c1cc(O[Si](C)(C)C(C)(C)C)c(O[Si](C)(C)C(C)(C)C)c(O[Si](C)(C)C(C)(C)C)c1. The molecule has 378 valence electrons. The average Bonchev–Trinajstić information content (AvgIpc) is 3.09. The van der Waals surface area contributed by atoms with Gasteiger partial charge in [-0.25, -0.2) is 0 Å². The van der Waals surface area contributed by atoms with Crippen LogP contribution in [0.1, 0.15) is 167 Å². The fourth-order valence-corrected chi connectivity index (χ4v) is 11.3. The Morgan fingerprint density at radius 1 is 0.530 bits per heavy atom. The van der Waals surface area contributed by atoms with Crippen molar-refractivity contribution >= 4 is 47.6 Å². The van der Waals surface area contributed by atoms with E-state index < -0.39 is 53.8 Å². The highest BCUT2D eigenvalue weighted by molar-refractivity contribution is 6.77. The van der Waals surface area contributed by atoms with Gasteiger partial charge in [-0.1, -0.05) is 136 Å². The van der Waals surface area contributed by atoms with E-state index >= 15 is 0 Å². The highest BCUT2D eigenvalue weighted by atomic mass is 28.4. The molecule has 0 aromatic heterocycles. The number of rotatable bonds is 18. The maximum atomic E-state index is 14.0. The second-order valence-corrected chi connectivity index (χ2v) is 50.6. The molecule has 0 saturated heterocycles. The molecular weight excluding hydrogens is 905 g/mol. The number of hydrogen-bond donors (Lipinski definition) is 0. The summed E-state index contributed by atoms with van der Waals surface area (Å²) in [6.45, 7) is 58.8. The lowest BCUT2D eigenvalue weighted by Crippen LogP contribution is -2.47. The predicted molar refractivity (Wildman–Crippen MR) is 292 cm³/mol. The minimum absolute atomic E-state index is 0.0299. The summed E-state index contributed by atoms with van der Waals surface area (Å²) in [5, 5.41) is -0.387. The van der Waals surface area contributed by atoms with Crippen molar-refractivity contribution in [3.05, 3.63) is 35.4 Å². The second-order valence-electron chi connectivity index (χ2n) is 27.0. The number of fused-ring (bicyclic) bond motifs is 1. The fourth-order valence-electron chi connectivity index (χ4n) is 6.21. The molecule has 0 saturated carbocycles. The Kier molecular flexibility index (Phi) is 17.8. The molecule has 0 aliphatic carbocycles. The maximum Gasteiger partial charge on any atom is 0.306 e. The van der Waals surface area contributed by atoms with Gasteiger partial charge in [0, 0.05) is 36.1 Å². The minimum atomic E-state index is -2.47. The monoisotopic (exact) mass is 1000 g/mol. The Bertz CT molecular complexity index is 1920. The van der Waals surface area contributed by atoms with Gasteiger partial charge >= 0.3 is 5.97 Å². The summed E-state index contributed by atoms with van der Waals surface area (Å²) in [4.78, 5) is 14.0. The number of carbonyl (C=O) groups excluding carboxylic acids is 1. The molecule has 0 fully saturated rings.